The molecule has 2 nitrogen and oxygen atoms in total. The summed E-state index contributed by atoms with van der Waals surface area (Å²) in [6.07, 6.45) is 16.7. The normalized spacial score (nSPS) is 37.8. The third-order valence-corrected chi connectivity index (χ3v) is 10.5. The van der Waals surface area contributed by atoms with E-state index in [2.05, 4.69) is 6.92 Å². The van der Waals surface area contributed by atoms with Gasteiger partial charge in [0.2, 0.25) is 0 Å². The van der Waals surface area contributed by atoms with Crippen LogP contribution in [0.5, 0.6) is 0 Å². The number of hydrogen-bond acceptors (Lipinski definition) is 2. The predicted octanol–water partition coefficient (Wildman–Crippen LogP) is 10.2. The fourth-order valence-corrected chi connectivity index (χ4v) is 7.99. The van der Waals surface area contributed by atoms with E-state index in [0.717, 1.165) is 30.1 Å². The predicted molar refractivity (Wildman–Crippen MR) is 144 cm³/mol. The third kappa shape index (κ3) is 9.49. The standard InChI is InChI=1S/C32H52F4O2/c1-2-3-4-5-23-8-12-26(13-9-23)27-14-10-24(11-15-27)6-7-25-21-37-31(38-22-25)29-18-16-28(17-19-29)30(33)20-32(34,35)36/h20,23-29,31H,2-19,21-22H2,1H3. The molecule has 38 heavy (non-hydrogen) atoms. The largest absolute Gasteiger partial charge is 0.412 e. The van der Waals surface area contributed by atoms with Crippen LogP contribution in [-0.4, -0.2) is 25.7 Å². The molecule has 1 aliphatic heterocycles. The first-order valence-corrected chi connectivity index (χ1v) is 16.0. The Morgan fingerprint density at radius 1 is 0.658 bits per heavy atom. The maximum absolute atomic E-state index is 13.9. The Bertz CT molecular complexity index is 691. The van der Waals surface area contributed by atoms with E-state index in [9.17, 15) is 17.6 Å². The summed E-state index contributed by atoms with van der Waals surface area (Å²) in [4.78, 5) is 0. The van der Waals surface area contributed by atoms with Crippen molar-refractivity contribution in [2.24, 2.45) is 41.4 Å². The SMILES string of the molecule is CCCCCC1CCC(C2CCC(CCC3COC(C4CCC(C(F)=CC(F)(F)F)CC4)OC3)CC2)CC1. The molecule has 0 aromatic heterocycles. The van der Waals surface area contributed by atoms with Gasteiger partial charge in [-0.25, -0.2) is 4.39 Å². The van der Waals surface area contributed by atoms with E-state index in [-0.39, 0.29) is 18.3 Å². The Morgan fingerprint density at radius 3 is 1.68 bits per heavy atom. The third-order valence-electron chi connectivity index (χ3n) is 10.5. The summed E-state index contributed by atoms with van der Waals surface area (Å²) in [5.74, 6) is 2.77. The lowest BCUT2D eigenvalue weighted by atomic mass is 9.68. The van der Waals surface area contributed by atoms with Crippen LogP contribution >= 0.6 is 0 Å². The first-order chi connectivity index (χ1) is 18.3. The average Bonchev–Trinajstić information content (AvgIpc) is 2.92. The quantitative estimate of drug-likeness (QED) is 0.201. The van der Waals surface area contributed by atoms with Crippen molar-refractivity contribution in [1.29, 1.82) is 0 Å². The van der Waals surface area contributed by atoms with E-state index in [1.54, 1.807) is 0 Å². The molecule has 6 heteroatoms. The van der Waals surface area contributed by atoms with Crippen molar-refractivity contribution >= 4 is 0 Å². The van der Waals surface area contributed by atoms with Crippen molar-refractivity contribution in [3.8, 4) is 0 Å². The summed E-state index contributed by atoms with van der Waals surface area (Å²) in [5.41, 5.74) is 0. The molecule has 0 bridgehead atoms. The topological polar surface area (TPSA) is 18.5 Å². The van der Waals surface area contributed by atoms with Crippen molar-refractivity contribution in [2.75, 3.05) is 13.2 Å². The molecule has 1 heterocycles. The van der Waals surface area contributed by atoms with Crippen LogP contribution in [0.25, 0.3) is 0 Å². The second-order valence-electron chi connectivity index (χ2n) is 13.2. The lowest BCUT2D eigenvalue weighted by Gasteiger charge is -2.39. The van der Waals surface area contributed by atoms with Crippen LogP contribution in [0.2, 0.25) is 0 Å². The van der Waals surface area contributed by atoms with Gasteiger partial charge in [0.1, 0.15) is 5.83 Å². The molecule has 4 aliphatic rings. The smallest absolute Gasteiger partial charge is 0.352 e. The summed E-state index contributed by atoms with van der Waals surface area (Å²) in [6.45, 7) is 3.72. The fraction of sp³-hybridized carbons (Fsp3) is 0.938. The minimum atomic E-state index is -4.59. The van der Waals surface area contributed by atoms with Crippen LogP contribution in [0.3, 0.4) is 0 Å². The zero-order valence-corrected chi connectivity index (χ0v) is 23.7. The first-order valence-electron chi connectivity index (χ1n) is 16.0. The molecule has 0 aromatic rings. The van der Waals surface area contributed by atoms with E-state index in [4.69, 9.17) is 9.47 Å². The Hall–Kier alpha value is -0.620. The first kappa shape index (κ1) is 30.3. The molecule has 0 radical (unpaired) electrons. The second-order valence-corrected chi connectivity index (χ2v) is 13.2. The molecular formula is C32H52F4O2. The Labute approximate surface area is 228 Å². The van der Waals surface area contributed by atoms with E-state index < -0.39 is 17.9 Å². The summed E-state index contributed by atoms with van der Waals surface area (Å²) in [6, 6.07) is 0. The van der Waals surface area contributed by atoms with Crippen molar-refractivity contribution in [3.05, 3.63) is 11.9 Å². The van der Waals surface area contributed by atoms with Crippen molar-refractivity contribution in [2.45, 2.75) is 135 Å². The summed E-state index contributed by atoms with van der Waals surface area (Å²) < 4.78 is 63.4. The van der Waals surface area contributed by atoms with E-state index in [1.165, 1.54) is 83.5 Å². The maximum atomic E-state index is 13.9. The monoisotopic (exact) mass is 544 g/mol. The number of ether oxygens (including phenoxy) is 2. The summed E-state index contributed by atoms with van der Waals surface area (Å²) in [5, 5.41) is 0. The van der Waals surface area contributed by atoms with E-state index >= 15 is 0 Å². The van der Waals surface area contributed by atoms with Gasteiger partial charge in [-0.2, -0.15) is 13.2 Å². The van der Waals surface area contributed by atoms with Gasteiger partial charge >= 0.3 is 6.18 Å². The van der Waals surface area contributed by atoms with Gasteiger partial charge in [-0.3, -0.25) is 0 Å². The molecule has 0 spiro atoms. The van der Waals surface area contributed by atoms with E-state index in [0.29, 0.717) is 44.8 Å². The van der Waals surface area contributed by atoms with Crippen LogP contribution in [0.4, 0.5) is 17.6 Å². The van der Waals surface area contributed by atoms with Crippen molar-refractivity contribution < 1.29 is 27.0 Å². The number of halogens is 4. The molecule has 3 saturated carbocycles. The molecule has 0 atom stereocenters. The van der Waals surface area contributed by atoms with Gasteiger partial charge in [-0.05, 0) is 81.5 Å². The van der Waals surface area contributed by atoms with Crippen molar-refractivity contribution in [1.82, 2.24) is 0 Å². The number of rotatable bonds is 10. The highest BCUT2D eigenvalue weighted by atomic mass is 19.4. The second kappa shape index (κ2) is 14.8. The number of hydrogen-bond donors (Lipinski definition) is 0. The Morgan fingerprint density at radius 2 is 1.16 bits per heavy atom. The highest BCUT2D eigenvalue weighted by Gasteiger charge is 2.36. The fourth-order valence-electron chi connectivity index (χ4n) is 7.99. The van der Waals surface area contributed by atoms with Gasteiger partial charge in [0.05, 0.1) is 19.3 Å². The highest BCUT2D eigenvalue weighted by Crippen LogP contribution is 2.44. The highest BCUT2D eigenvalue weighted by molar-refractivity contribution is 5.03. The summed E-state index contributed by atoms with van der Waals surface area (Å²) in [7, 11) is 0. The number of unbranched alkanes of at least 4 members (excludes halogenated alkanes) is 2. The Balaban J connectivity index is 1.06. The van der Waals surface area contributed by atoms with Gasteiger partial charge < -0.3 is 9.47 Å². The van der Waals surface area contributed by atoms with Crippen molar-refractivity contribution in [3.63, 3.8) is 0 Å². The molecule has 0 N–H and O–H groups in total. The molecule has 4 fully saturated rings. The number of alkyl halides is 3. The minimum Gasteiger partial charge on any atom is -0.352 e. The molecule has 0 amide bonds. The summed E-state index contributed by atoms with van der Waals surface area (Å²) >= 11 is 0. The molecule has 4 rings (SSSR count). The molecule has 0 unspecified atom stereocenters. The van der Waals surface area contributed by atoms with Crippen LogP contribution < -0.4 is 0 Å². The zero-order valence-electron chi connectivity index (χ0n) is 23.7. The van der Waals surface area contributed by atoms with Crippen LogP contribution in [0.15, 0.2) is 11.9 Å². The van der Waals surface area contributed by atoms with Gasteiger partial charge in [-0.15, -0.1) is 0 Å². The van der Waals surface area contributed by atoms with Gasteiger partial charge in [-0.1, -0.05) is 64.7 Å². The van der Waals surface area contributed by atoms with E-state index in [1.807, 2.05) is 0 Å². The molecule has 3 aliphatic carbocycles. The van der Waals surface area contributed by atoms with Gasteiger partial charge in [0, 0.05) is 17.8 Å². The maximum Gasteiger partial charge on any atom is 0.412 e. The van der Waals surface area contributed by atoms with Gasteiger partial charge in [0.25, 0.3) is 0 Å². The number of allylic oxidation sites excluding steroid dienone is 2. The van der Waals surface area contributed by atoms with Crippen LogP contribution in [-0.2, 0) is 9.47 Å². The Kier molecular flexibility index (Phi) is 11.9. The molecule has 220 valence electrons. The van der Waals surface area contributed by atoms with Crippen LogP contribution in [0, 0.1) is 41.4 Å². The molecular weight excluding hydrogens is 492 g/mol. The molecule has 0 aromatic carbocycles. The molecule has 1 saturated heterocycles. The van der Waals surface area contributed by atoms with Crippen LogP contribution in [0.1, 0.15) is 122 Å². The lowest BCUT2D eigenvalue weighted by molar-refractivity contribution is -0.230. The minimum absolute atomic E-state index is 0.160. The average molecular weight is 545 g/mol. The zero-order chi connectivity index (χ0) is 27.0. The lowest BCUT2D eigenvalue weighted by Crippen LogP contribution is -2.38. The van der Waals surface area contributed by atoms with Gasteiger partial charge in [0.15, 0.2) is 6.29 Å².